The second-order valence-corrected chi connectivity index (χ2v) is 7.71. The van der Waals surface area contributed by atoms with E-state index in [1.807, 2.05) is 13.1 Å². The molecule has 3 rings (SSSR count). The Labute approximate surface area is 161 Å². The minimum absolute atomic E-state index is 0.159. The van der Waals surface area contributed by atoms with Crippen LogP contribution in [0.4, 0.5) is 0 Å². The summed E-state index contributed by atoms with van der Waals surface area (Å²) in [5, 5.41) is 10.7. The molecule has 1 aromatic carbocycles. The SMILES string of the molecule is COc1c2c(cc3c1[C@@H](C#C[C@](C)(O)CCC=C(C)C)N(C)CC3)OCO2. The quantitative estimate of drug-likeness (QED) is 0.649. The molecule has 0 radical (unpaired) electrons. The lowest BCUT2D eigenvalue weighted by Crippen LogP contribution is -2.32. The maximum absolute atomic E-state index is 10.7. The number of hydrogen-bond donors (Lipinski definition) is 1. The van der Waals surface area contributed by atoms with E-state index in [9.17, 15) is 5.11 Å². The Morgan fingerprint density at radius 3 is 2.93 bits per heavy atom. The molecule has 0 aromatic heterocycles. The molecule has 2 aliphatic rings. The molecular weight excluding hydrogens is 342 g/mol. The van der Waals surface area contributed by atoms with Gasteiger partial charge < -0.3 is 19.3 Å². The molecule has 0 unspecified atom stereocenters. The minimum Gasteiger partial charge on any atom is -0.492 e. The van der Waals surface area contributed by atoms with E-state index in [4.69, 9.17) is 14.2 Å². The van der Waals surface area contributed by atoms with Crippen LogP contribution in [-0.2, 0) is 6.42 Å². The molecule has 0 aliphatic carbocycles. The highest BCUT2D eigenvalue weighted by atomic mass is 16.7. The van der Waals surface area contributed by atoms with E-state index in [-0.39, 0.29) is 12.8 Å². The second-order valence-electron chi connectivity index (χ2n) is 7.71. The van der Waals surface area contributed by atoms with Crippen LogP contribution in [0.3, 0.4) is 0 Å². The van der Waals surface area contributed by atoms with Gasteiger partial charge in [0.25, 0.3) is 0 Å². The zero-order valence-corrected chi connectivity index (χ0v) is 16.9. The molecule has 1 N–H and O–H groups in total. The van der Waals surface area contributed by atoms with E-state index in [1.54, 1.807) is 14.0 Å². The summed E-state index contributed by atoms with van der Waals surface area (Å²) in [5.74, 6) is 8.47. The Kier molecular flexibility index (Phi) is 5.69. The number of rotatable bonds is 4. The molecule has 0 saturated carbocycles. The van der Waals surface area contributed by atoms with Crippen LogP contribution in [0.15, 0.2) is 17.7 Å². The topological polar surface area (TPSA) is 51.2 Å². The summed E-state index contributed by atoms with van der Waals surface area (Å²) in [5.41, 5.74) is 2.40. The first-order valence-electron chi connectivity index (χ1n) is 9.40. The molecule has 5 heteroatoms. The van der Waals surface area contributed by atoms with Crippen molar-refractivity contribution >= 4 is 0 Å². The molecule has 0 saturated heterocycles. The molecule has 27 heavy (non-hydrogen) atoms. The van der Waals surface area contributed by atoms with Crippen molar-refractivity contribution in [3.63, 3.8) is 0 Å². The number of methoxy groups -OCH3 is 1. The van der Waals surface area contributed by atoms with Gasteiger partial charge in [-0.05, 0) is 58.7 Å². The number of fused-ring (bicyclic) bond motifs is 2. The molecule has 0 spiro atoms. The number of aliphatic hydroxyl groups is 1. The summed E-state index contributed by atoms with van der Waals surface area (Å²) in [6, 6.07) is 1.88. The number of ether oxygens (including phenoxy) is 3. The van der Waals surface area contributed by atoms with Gasteiger partial charge in [-0.3, -0.25) is 4.90 Å². The fraction of sp³-hybridized carbons (Fsp3) is 0.545. The van der Waals surface area contributed by atoms with Crippen molar-refractivity contribution in [1.29, 1.82) is 0 Å². The molecule has 2 heterocycles. The summed E-state index contributed by atoms with van der Waals surface area (Å²) in [4.78, 5) is 2.19. The average molecular weight is 371 g/mol. The van der Waals surface area contributed by atoms with Gasteiger partial charge in [0, 0.05) is 12.1 Å². The largest absolute Gasteiger partial charge is 0.492 e. The number of allylic oxidation sites excluding steroid dienone is 2. The first kappa shape index (κ1) is 19.6. The summed E-state index contributed by atoms with van der Waals surface area (Å²) in [6.07, 6.45) is 4.44. The van der Waals surface area contributed by atoms with Crippen molar-refractivity contribution in [1.82, 2.24) is 4.90 Å². The number of hydrogen-bond acceptors (Lipinski definition) is 5. The summed E-state index contributed by atoms with van der Waals surface area (Å²) in [6.45, 7) is 6.99. The van der Waals surface area contributed by atoms with Crippen molar-refractivity contribution in [2.24, 2.45) is 0 Å². The fourth-order valence-corrected chi connectivity index (χ4v) is 3.54. The maximum atomic E-state index is 10.7. The second kappa shape index (κ2) is 7.84. The Hall–Kier alpha value is -2.16. The van der Waals surface area contributed by atoms with Crippen molar-refractivity contribution in [3.05, 3.63) is 28.8 Å². The summed E-state index contributed by atoms with van der Waals surface area (Å²) < 4.78 is 16.9. The Morgan fingerprint density at radius 1 is 1.44 bits per heavy atom. The third-order valence-electron chi connectivity index (χ3n) is 5.06. The van der Waals surface area contributed by atoms with Crippen molar-refractivity contribution in [3.8, 4) is 29.1 Å². The van der Waals surface area contributed by atoms with Crippen LogP contribution in [-0.4, -0.2) is 43.1 Å². The van der Waals surface area contributed by atoms with E-state index in [0.717, 1.165) is 36.3 Å². The maximum Gasteiger partial charge on any atom is 0.231 e. The number of nitrogens with zero attached hydrogens (tertiary/aromatic N) is 1. The number of benzene rings is 1. The normalized spacial score (nSPS) is 20.1. The van der Waals surface area contributed by atoms with Gasteiger partial charge in [-0.25, -0.2) is 0 Å². The van der Waals surface area contributed by atoms with Gasteiger partial charge in [0.2, 0.25) is 12.5 Å². The lowest BCUT2D eigenvalue weighted by Gasteiger charge is -2.33. The van der Waals surface area contributed by atoms with Gasteiger partial charge in [-0.2, -0.15) is 0 Å². The monoisotopic (exact) mass is 371 g/mol. The van der Waals surface area contributed by atoms with E-state index in [1.165, 1.54) is 5.57 Å². The molecule has 0 fully saturated rings. The highest BCUT2D eigenvalue weighted by Crippen LogP contribution is 2.49. The molecule has 2 atom stereocenters. The first-order valence-corrected chi connectivity index (χ1v) is 9.40. The molecule has 1 aromatic rings. The van der Waals surface area contributed by atoms with Gasteiger partial charge in [0.05, 0.1) is 7.11 Å². The van der Waals surface area contributed by atoms with Crippen molar-refractivity contribution in [2.45, 2.75) is 51.7 Å². The van der Waals surface area contributed by atoms with Crippen LogP contribution in [0, 0.1) is 11.8 Å². The zero-order valence-electron chi connectivity index (χ0n) is 16.9. The molecule has 0 amide bonds. The summed E-state index contributed by atoms with van der Waals surface area (Å²) >= 11 is 0. The molecule has 0 bridgehead atoms. The van der Waals surface area contributed by atoms with Crippen LogP contribution >= 0.6 is 0 Å². The van der Waals surface area contributed by atoms with Crippen molar-refractivity contribution in [2.75, 3.05) is 27.5 Å². The molecule has 2 aliphatic heterocycles. The first-order chi connectivity index (χ1) is 12.8. The van der Waals surface area contributed by atoms with E-state index >= 15 is 0 Å². The predicted molar refractivity (Wildman–Crippen MR) is 105 cm³/mol. The fourth-order valence-electron chi connectivity index (χ4n) is 3.54. The molecule has 5 nitrogen and oxygen atoms in total. The van der Waals surface area contributed by atoms with Crippen LogP contribution in [0.1, 0.15) is 50.8 Å². The van der Waals surface area contributed by atoms with Crippen LogP contribution in [0.5, 0.6) is 17.2 Å². The van der Waals surface area contributed by atoms with E-state index in [2.05, 4.69) is 36.7 Å². The highest BCUT2D eigenvalue weighted by Gasteiger charge is 2.33. The van der Waals surface area contributed by atoms with Gasteiger partial charge >= 0.3 is 0 Å². The zero-order chi connectivity index (χ0) is 19.6. The average Bonchev–Trinajstić information content (AvgIpc) is 3.06. The smallest absolute Gasteiger partial charge is 0.231 e. The molecular formula is C22H29NO4. The lowest BCUT2D eigenvalue weighted by atomic mass is 9.90. The van der Waals surface area contributed by atoms with E-state index < -0.39 is 5.60 Å². The Morgan fingerprint density at radius 2 is 2.22 bits per heavy atom. The van der Waals surface area contributed by atoms with Crippen LogP contribution in [0.25, 0.3) is 0 Å². The minimum atomic E-state index is -1.03. The van der Waals surface area contributed by atoms with Crippen molar-refractivity contribution < 1.29 is 19.3 Å². The van der Waals surface area contributed by atoms with Gasteiger partial charge in [-0.15, -0.1) is 0 Å². The lowest BCUT2D eigenvalue weighted by molar-refractivity contribution is 0.113. The predicted octanol–water partition coefficient (Wildman–Crippen LogP) is 3.45. The van der Waals surface area contributed by atoms with Gasteiger partial charge in [-0.1, -0.05) is 23.5 Å². The van der Waals surface area contributed by atoms with Crippen LogP contribution < -0.4 is 14.2 Å². The highest BCUT2D eigenvalue weighted by molar-refractivity contribution is 5.63. The Bertz CT molecular complexity index is 797. The molecule has 146 valence electrons. The third-order valence-corrected chi connectivity index (χ3v) is 5.06. The number of likely N-dealkylation sites (N-methyl/N-ethyl adjacent to an activating group) is 1. The standard InChI is InChI=1S/C22H29NO4/c1-15(2)7-6-10-22(3,24)11-8-17-19-16(9-12-23(17)4)13-18-20(21(19)25-5)27-14-26-18/h7,13,17,24H,6,9-10,12,14H2,1-5H3/t17-,22-/m1/s1. The van der Waals surface area contributed by atoms with Crippen LogP contribution in [0.2, 0.25) is 0 Å². The Balaban J connectivity index is 1.93. The van der Waals surface area contributed by atoms with Gasteiger partial charge in [0.15, 0.2) is 11.5 Å². The summed E-state index contributed by atoms with van der Waals surface area (Å²) in [7, 11) is 3.69. The van der Waals surface area contributed by atoms with E-state index in [0.29, 0.717) is 17.9 Å². The van der Waals surface area contributed by atoms with Gasteiger partial charge in [0.1, 0.15) is 11.6 Å². The third kappa shape index (κ3) is 4.23.